The molecule has 0 aliphatic carbocycles. The Bertz CT molecular complexity index is 1900. The van der Waals surface area contributed by atoms with Crippen molar-refractivity contribution < 1.29 is 23.4 Å². The molecule has 0 saturated heterocycles. The van der Waals surface area contributed by atoms with Gasteiger partial charge in [0.05, 0.1) is 21.1 Å². The maximum atomic E-state index is 14.1. The molecule has 204 valence electrons. The van der Waals surface area contributed by atoms with Gasteiger partial charge in [-0.05, 0) is 53.6 Å². The number of nitrogens with one attached hydrogen (secondary N) is 1. The van der Waals surface area contributed by atoms with Crippen molar-refractivity contribution in [3.8, 4) is 28.6 Å². The molecule has 3 aromatic carbocycles. The molecular formula is C29H21ClF2N2O5S. The van der Waals surface area contributed by atoms with Gasteiger partial charge >= 0.3 is 4.87 Å². The summed E-state index contributed by atoms with van der Waals surface area (Å²) in [6.07, 6.45) is 0. The van der Waals surface area contributed by atoms with Crippen LogP contribution in [0.15, 0.2) is 76.8 Å². The fourth-order valence-electron chi connectivity index (χ4n) is 4.32. The molecule has 0 atom stereocenters. The third-order valence-corrected chi connectivity index (χ3v) is 7.46. The summed E-state index contributed by atoms with van der Waals surface area (Å²) >= 11 is 7.22. The molecule has 0 saturated carbocycles. The highest BCUT2D eigenvalue weighted by Gasteiger charge is 2.20. The van der Waals surface area contributed by atoms with Crippen molar-refractivity contribution in [2.24, 2.45) is 7.05 Å². The standard InChI is InChI=1S/C29H21ClF2N2O5S/c1-15(27-28(36)33-29(37)40-27)16-8-10-23(19(30)13-16)38-11-12-39-26-24(17-7-9-20(31)21(32)14-17)34(2)22-6-4-3-5-18(22)25(26)35/h3-10,13-14,36H,1,11-12H2,2H3,(H,33,37). The van der Waals surface area contributed by atoms with Crippen molar-refractivity contribution in [2.75, 3.05) is 13.2 Å². The van der Waals surface area contributed by atoms with Crippen LogP contribution in [0.4, 0.5) is 8.78 Å². The first-order chi connectivity index (χ1) is 19.2. The van der Waals surface area contributed by atoms with E-state index in [1.165, 1.54) is 6.07 Å². The van der Waals surface area contributed by atoms with Crippen LogP contribution >= 0.6 is 22.9 Å². The third kappa shape index (κ3) is 5.11. The number of hydrogen-bond acceptors (Lipinski definition) is 6. The topological polar surface area (TPSA) is 93.5 Å². The Morgan fingerprint density at radius 1 is 1.05 bits per heavy atom. The highest BCUT2D eigenvalue weighted by Crippen LogP contribution is 2.34. The van der Waals surface area contributed by atoms with Crippen LogP contribution in [0.5, 0.6) is 17.4 Å². The number of aryl methyl sites for hydroxylation is 1. The number of thiazole rings is 1. The number of H-pyrrole nitrogens is 1. The van der Waals surface area contributed by atoms with Crippen LogP contribution in [0.2, 0.25) is 5.02 Å². The van der Waals surface area contributed by atoms with Gasteiger partial charge in [0.1, 0.15) is 19.0 Å². The Hall–Kier alpha value is -4.41. The number of halogens is 3. The maximum absolute atomic E-state index is 14.1. The van der Waals surface area contributed by atoms with Gasteiger partial charge < -0.3 is 19.1 Å². The zero-order valence-electron chi connectivity index (χ0n) is 21.0. The molecule has 0 fully saturated rings. The number of aromatic nitrogens is 2. The van der Waals surface area contributed by atoms with Gasteiger partial charge in [-0.15, -0.1) is 0 Å². The first-order valence-electron chi connectivity index (χ1n) is 11.9. The fourth-order valence-corrected chi connectivity index (χ4v) is 5.28. The minimum absolute atomic E-state index is 0.00737. The Morgan fingerprint density at radius 2 is 1.80 bits per heavy atom. The van der Waals surface area contributed by atoms with E-state index in [0.717, 1.165) is 23.5 Å². The summed E-state index contributed by atoms with van der Waals surface area (Å²) in [4.78, 5) is 27.1. The van der Waals surface area contributed by atoms with E-state index in [-0.39, 0.29) is 35.4 Å². The summed E-state index contributed by atoms with van der Waals surface area (Å²) < 4.78 is 41.1. The van der Waals surface area contributed by atoms with Crippen molar-refractivity contribution in [1.82, 2.24) is 9.55 Å². The van der Waals surface area contributed by atoms with E-state index >= 15 is 0 Å². The predicted molar refractivity (Wildman–Crippen MR) is 152 cm³/mol. The molecule has 7 nitrogen and oxygen atoms in total. The molecule has 0 aliphatic rings. The van der Waals surface area contributed by atoms with Crippen LogP contribution in [-0.4, -0.2) is 27.9 Å². The largest absolute Gasteiger partial charge is 0.493 e. The van der Waals surface area contributed by atoms with Gasteiger partial charge in [0.2, 0.25) is 11.3 Å². The Labute approximate surface area is 235 Å². The maximum Gasteiger partial charge on any atom is 0.307 e. The Kier molecular flexibility index (Phi) is 7.46. The van der Waals surface area contributed by atoms with Gasteiger partial charge in [-0.1, -0.05) is 47.7 Å². The quantitative estimate of drug-likeness (QED) is 0.215. The second kappa shape index (κ2) is 11.0. The van der Waals surface area contributed by atoms with Crippen molar-refractivity contribution in [2.45, 2.75) is 0 Å². The van der Waals surface area contributed by atoms with Gasteiger partial charge in [-0.3, -0.25) is 14.6 Å². The second-order valence-corrected chi connectivity index (χ2v) is 10.1. The molecule has 2 N–H and O–H groups in total. The summed E-state index contributed by atoms with van der Waals surface area (Å²) in [5, 5.41) is 10.6. The minimum Gasteiger partial charge on any atom is -0.493 e. The third-order valence-electron chi connectivity index (χ3n) is 6.23. The van der Waals surface area contributed by atoms with Crippen molar-refractivity contribution in [3.05, 3.63) is 114 Å². The molecule has 40 heavy (non-hydrogen) atoms. The normalized spacial score (nSPS) is 11.1. The number of rotatable bonds is 8. The number of para-hydroxylation sites is 1. The number of benzene rings is 3. The summed E-state index contributed by atoms with van der Waals surface area (Å²) in [5.74, 6) is -2.01. The fraction of sp³-hybridized carbons (Fsp3) is 0.103. The van der Waals surface area contributed by atoms with E-state index in [1.807, 2.05) is 0 Å². The highest BCUT2D eigenvalue weighted by molar-refractivity contribution is 7.10. The van der Waals surface area contributed by atoms with Crippen molar-refractivity contribution in [1.29, 1.82) is 0 Å². The average Bonchev–Trinajstić information content (AvgIpc) is 3.28. The number of nitrogens with zero attached hydrogens (tertiary/aromatic N) is 1. The molecule has 0 amide bonds. The van der Waals surface area contributed by atoms with E-state index in [0.29, 0.717) is 38.4 Å². The molecule has 5 aromatic rings. The lowest BCUT2D eigenvalue weighted by molar-refractivity contribution is 0.216. The molecule has 2 heterocycles. The molecule has 0 aliphatic heterocycles. The minimum atomic E-state index is -1.05. The molecule has 2 aromatic heterocycles. The summed E-state index contributed by atoms with van der Waals surface area (Å²) in [6.45, 7) is 3.88. The van der Waals surface area contributed by atoms with Gasteiger partial charge in [-0.25, -0.2) is 8.78 Å². The van der Waals surface area contributed by atoms with E-state index in [9.17, 15) is 23.5 Å². The summed E-state index contributed by atoms with van der Waals surface area (Å²) in [6, 6.07) is 15.2. The van der Waals surface area contributed by atoms with Crippen molar-refractivity contribution >= 4 is 39.4 Å². The lowest BCUT2D eigenvalue weighted by Gasteiger charge is -2.18. The average molecular weight is 583 g/mol. The Balaban J connectivity index is 1.37. The van der Waals surface area contributed by atoms with Crippen molar-refractivity contribution in [3.63, 3.8) is 0 Å². The first-order valence-corrected chi connectivity index (χ1v) is 13.1. The number of fused-ring (bicyclic) bond motifs is 1. The number of aromatic amines is 1. The molecular weight excluding hydrogens is 562 g/mol. The predicted octanol–water partition coefficient (Wildman–Crippen LogP) is 6.11. The molecule has 0 radical (unpaired) electrons. The molecule has 11 heteroatoms. The smallest absolute Gasteiger partial charge is 0.307 e. The van der Waals surface area contributed by atoms with Crippen LogP contribution in [0.3, 0.4) is 0 Å². The van der Waals surface area contributed by atoms with E-state index in [1.54, 1.807) is 54.1 Å². The molecule has 5 rings (SSSR count). The molecule has 0 bridgehead atoms. The molecule has 0 unspecified atom stereocenters. The van der Waals surface area contributed by atoms with Gasteiger partial charge in [0.15, 0.2) is 17.4 Å². The van der Waals surface area contributed by atoms with E-state index in [2.05, 4.69) is 11.6 Å². The SMILES string of the molecule is C=C(c1ccc(OCCOc2c(-c3ccc(F)c(F)c3)n(C)c3ccccc3c2=O)c(Cl)c1)c1sc(=O)[nH]c1O. The molecule has 0 spiro atoms. The number of ether oxygens (including phenoxy) is 2. The van der Waals surface area contributed by atoms with E-state index in [4.69, 9.17) is 21.1 Å². The van der Waals surface area contributed by atoms with Crippen LogP contribution in [-0.2, 0) is 7.05 Å². The van der Waals surface area contributed by atoms with Crippen LogP contribution in [0, 0.1) is 11.6 Å². The van der Waals surface area contributed by atoms with Crippen LogP contribution in [0.25, 0.3) is 27.7 Å². The lowest BCUT2D eigenvalue weighted by Crippen LogP contribution is -2.18. The monoisotopic (exact) mass is 582 g/mol. The number of pyridine rings is 1. The second-order valence-electron chi connectivity index (χ2n) is 8.72. The summed E-state index contributed by atoms with van der Waals surface area (Å²) in [7, 11) is 1.71. The van der Waals surface area contributed by atoms with Gasteiger partial charge in [0, 0.05) is 18.0 Å². The first kappa shape index (κ1) is 27.2. The zero-order valence-corrected chi connectivity index (χ0v) is 22.5. The van der Waals surface area contributed by atoms with Gasteiger partial charge in [0.25, 0.3) is 0 Å². The summed E-state index contributed by atoms with van der Waals surface area (Å²) in [5.41, 5.74) is 1.76. The lowest BCUT2D eigenvalue weighted by atomic mass is 10.1. The Morgan fingerprint density at radius 3 is 2.50 bits per heavy atom. The van der Waals surface area contributed by atoms with Crippen LogP contribution < -0.4 is 19.8 Å². The van der Waals surface area contributed by atoms with E-state index < -0.39 is 21.9 Å². The number of hydrogen-bond donors (Lipinski definition) is 2. The highest BCUT2D eigenvalue weighted by atomic mass is 35.5. The number of aromatic hydroxyl groups is 1. The van der Waals surface area contributed by atoms with Gasteiger partial charge in [-0.2, -0.15) is 0 Å². The zero-order chi connectivity index (χ0) is 28.6. The van der Waals surface area contributed by atoms with Crippen LogP contribution in [0.1, 0.15) is 10.4 Å².